The van der Waals surface area contributed by atoms with Crippen molar-refractivity contribution in [1.82, 2.24) is 10.2 Å². The van der Waals surface area contributed by atoms with Gasteiger partial charge in [0, 0.05) is 31.7 Å². The number of nitrogens with one attached hydrogen (secondary N) is 1. The molecule has 0 radical (unpaired) electrons. The largest absolute Gasteiger partial charge is 0.379 e. The smallest absolute Gasteiger partial charge is 0.227 e. The van der Waals surface area contributed by atoms with Gasteiger partial charge in [0.05, 0.1) is 18.6 Å². The maximum absolute atomic E-state index is 12.1. The van der Waals surface area contributed by atoms with E-state index in [2.05, 4.69) is 10.2 Å². The number of rotatable bonds is 5. The van der Waals surface area contributed by atoms with Gasteiger partial charge in [-0.1, -0.05) is 0 Å². The van der Waals surface area contributed by atoms with Gasteiger partial charge in [-0.05, 0) is 27.7 Å². The van der Waals surface area contributed by atoms with Crippen molar-refractivity contribution in [2.24, 2.45) is 11.1 Å². The van der Waals surface area contributed by atoms with Crippen molar-refractivity contribution in [1.29, 1.82) is 0 Å². The second kappa shape index (κ2) is 5.99. The summed E-state index contributed by atoms with van der Waals surface area (Å²) in [7, 11) is 0. The third kappa shape index (κ3) is 3.93. The molecule has 0 aliphatic carbocycles. The lowest BCUT2D eigenvalue weighted by atomic mass is 9.74. The van der Waals surface area contributed by atoms with Crippen LogP contribution in [-0.4, -0.2) is 55.7 Å². The van der Waals surface area contributed by atoms with Crippen molar-refractivity contribution < 1.29 is 9.53 Å². The zero-order chi connectivity index (χ0) is 13.8. The average Bonchev–Trinajstić information content (AvgIpc) is 2.28. The number of morpholine rings is 1. The standard InChI is InChI=1S/C13H27N3O2/c1-12(2,13(3,4)14)11(17)15-5-6-16-7-9-18-10-8-16/h5-10,14H2,1-4H3,(H,15,17). The quantitative estimate of drug-likeness (QED) is 0.738. The molecule has 0 unspecified atom stereocenters. The summed E-state index contributed by atoms with van der Waals surface area (Å²) in [5.41, 5.74) is 4.94. The number of carbonyl (C=O) groups excluding carboxylic acids is 1. The van der Waals surface area contributed by atoms with Gasteiger partial charge in [0.25, 0.3) is 0 Å². The van der Waals surface area contributed by atoms with Gasteiger partial charge in [0.2, 0.25) is 5.91 Å². The Kier molecular flexibility index (Phi) is 5.13. The first-order chi connectivity index (χ1) is 8.25. The van der Waals surface area contributed by atoms with Crippen molar-refractivity contribution in [2.45, 2.75) is 33.2 Å². The molecule has 1 rings (SSSR count). The molecular weight excluding hydrogens is 230 g/mol. The Bertz CT molecular complexity index is 278. The SMILES string of the molecule is CC(C)(N)C(C)(C)C(=O)NCCN1CCOCC1. The van der Waals surface area contributed by atoms with E-state index >= 15 is 0 Å². The van der Waals surface area contributed by atoms with Gasteiger partial charge in [-0.25, -0.2) is 0 Å². The van der Waals surface area contributed by atoms with Crippen LogP contribution in [0.2, 0.25) is 0 Å². The second-order valence-electron chi connectivity index (χ2n) is 6.06. The highest BCUT2D eigenvalue weighted by atomic mass is 16.5. The lowest BCUT2D eigenvalue weighted by molar-refractivity contribution is -0.132. The highest BCUT2D eigenvalue weighted by Crippen LogP contribution is 2.28. The third-order valence-corrected chi connectivity index (χ3v) is 4.00. The normalized spacial score (nSPS) is 18.7. The van der Waals surface area contributed by atoms with Crippen molar-refractivity contribution in [3.05, 3.63) is 0 Å². The molecule has 18 heavy (non-hydrogen) atoms. The maximum atomic E-state index is 12.1. The molecule has 1 aliphatic rings. The van der Waals surface area contributed by atoms with E-state index in [-0.39, 0.29) is 5.91 Å². The van der Waals surface area contributed by atoms with Crippen molar-refractivity contribution in [3.8, 4) is 0 Å². The van der Waals surface area contributed by atoms with E-state index in [0.717, 1.165) is 32.8 Å². The minimum Gasteiger partial charge on any atom is -0.379 e. The number of nitrogens with zero attached hydrogens (tertiary/aromatic N) is 1. The minimum atomic E-state index is -0.571. The predicted molar refractivity (Wildman–Crippen MR) is 72.3 cm³/mol. The lowest BCUT2D eigenvalue weighted by Crippen LogP contribution is -2.56. The number of hydrogen-bond acceptors (Lipinski definition) is 4. The number of hydrogen-bond donors (Lipinski definition) is 2. The number of ether oxygens (including phenoxy) is 1. The monoisotopic (exact) mass is 257 g/mol. The Morgan fingerprint density at radius 3 is 2.33 bits per heavy atom. The molecule has 0 spiro atoms. The molecule has 1 heterocycles. The van der Waals surface area contributed by atoms with Crippen LogP contribution in [0.15, 0.2) is 0 Å². The van der Waals surface area contributed by atoms with E-state index in [1.165, 1.54) is 0 Å². The minimum absolute atomic E-state index is 0.0169. The average molecular weight is 257 g/mol. The molecule has 1 fully saturated rings. The molecule has 5 nitrogen and oxygen atoms in total. The van der Waals surface area contributed by atoms with Gasteiger partial charge in [-0.3, -0.25) is 9.69 Å². The predicted octanol–water partition coefficient (Wildman–Crippen LogP) is 0.198. The molecule has 0 aromatic heterocycles. The van der Waals surface area contributed by atoms with E-state index in [9.17, 15) is 4.79 Å². The van der Waals surface area contributed by atoms with Gasteiger partial charge < -0.3 is 15.8 Å². The Morgan fingerprint density at radius 2 is 1.83 bits per heavy atom. The first-order valence-corrected chi connectivity index (χ1v) is 6.62. The van der Waals surface area contributed by atoms with Gasteiger partial charge in [-0.2, -0.15) is 0 Å². The van der Waals surface area contributed by atoms with Gasteiger partial charge in [-0.15, -0.1) is 0 Å². The Balaban J connectivity index is 2.32. The fourth-order valence-corrected chi connectivity index (χ4v) is 1.67. The van der Waals surface area contributed by atoms with Crippen LogP contribution in [-0.2, 0) is 9.53 Å². The zero-order valence-electron chi connectivity index (χ0n) is 12.1. The Morgan fingerprint density at radius 1 is 1.28 bits per heavy atom. The summed E-state index contributed by atoms with van der Waals surface area (Å²) in [4.78, 5) is 14.4. The van der Waals surface area contributed by atoms with Crippen LogP contribution >= 0.6 is 0 Å². The molecule has 1 aliphatic heterocycles. The van der Waals surface area contributed by atoms with Gasteiger partial charge >= 0.3 is 0 Å². The van der Waals surface area contributed by atoms with E-state index in [4.69, 9.17) is 10.5 Å². The van der Waals surface area contributed by atoms with Crippen LogP contribution in [0.3, 0.4) is 0 Å². The molecule has 0 aromatic carbocycles. The molecule has 1 saturated heterocycles. The molecule has 0 aromatic rings. The molecule has 3 N–H and O–H groups in total. The summed E-state index contributed by atoms with van der Waals surface area (Å²) < 4.78 is 5.28. The number of carbonyl (C=O) groups is 1. The summed E-state index contributed by atoms with van der Waals surface area (Å²) in [6.45, 7) is 12.5. The second-order valence-corrected chi connectivity index (χ2v) is 6.06. The van der Waals surface area contributed by atoms with Crippen LogP contribution in [0.5, 0.6) is 0 Å². The Labute approximate surface area is 110 Å². The van der Waals surface area contributed by atoms with E-state index in [0.29, 0.717) is 6.54 Å². The molecule has 0 saturated carbocycles. The molecule has 1 amide bonds. The summed E-state index contributed by atoms with van der Waals surface area (Å²) in [6.07, 6.45) is 0. The third-order valence-electron chi connectivity index (χ3n) is 4.00. The summed E-state index contributed by atoms with van der Waals surface area (Å²) in [6, 6.07) is 0. The number of amides is 1. The molecule has 0 atom stereocenters. The van der Waals surface area contributed by atoms with Gasteiger partial charge in [0.1, 0.15) is 0 Å². The van der Waals surface area contributed by atoms with E-state index in [1.807, 2.05) is 27.7 Å². The van der Waals surface area contributed by atoms with Crippen LogP contribution in [0, 0.1) is 5.41 Å². The lowest BCUT2D eigenvalue weighted by Gasteiger charge is -2.37. The summed E-state index contributed by atoms with van der Waals surface area (Å²) in [5.74, 6) is 0.0169. The Hall–Kier alpha value is -0.650. The maximum Gasteiger partial charge on any atom is 0.227 e. The summed E-state index contributed by atoms with van der Waals surface area (Å²) in [5, 5.41) is 2.98. The van der Waals surface area contributed by atoms with Crippen LogP contribution < -0.4 is 11.1 Å². The molecule has 5 heteroatoms. The summed E-state index contributed by atoms with van der Waals surface area (Å²) >= 11 is 0. The van der Waals surface area contributed by atoms with E-state index in [1.54, 1.807) is 0 Å². The van der Waals surface area contributed by atoms with Crippen molar-refractivity contribution >= 4 is 5.91 Å². The van der Waals surface area contributed by atoms with Crippen molar-refractivity contribution in [3.63, 3.8) is 0 Å². The highest BCUT2D eigenvalue weighted by Gasteiger charge is 2.40. The van der Waals surface area contributed by atoms with Crippen LogP contribution in [0.25, 0.3) is 0 Å². The fraction of sp³-hybridized carbons (Fsp3) is 0.923. The fourth-order valence-electron chi connectivity index (χ4n) is 1.67. The van der Waals surface area contributed by atoms with Crippen LogP contribution in [0.1, 0.15) is 27.7 Å². The molecule has 0 bridgehead atoms. The topological polar surface area (TPSA) is 67.6 Å². The molecule has 106 valence electrons. The van der Waals surface area contributed by atoms with E-state index < -0.39 is 11.0 Å². The highest BCUT2D eigenvalue weighted by molar-refractivity contribution is 5.83. The number of nitrogens with two attached hydrogens (primary N) is 1. The molecular formula is C13H27N3O2. The zero-order valence-corrected chi connectivity index (χ0v) is 12.1. The van der Waals surface area contributed by atoms with Crippen molar-refractivity contribution in [2.75, 3.05) is 39.4 Å². The first kappa shape index (κ1) is 15.4. The first-order valence-electron chi connectivity index (χ1n) is 6.62. The van der Waals surface area contributed by atoms with Crippen LogP contribution in [0.4, 0.5) is 0 Å². The van der Waals surface area contributed by atoms with Gasteiger partial charge in [0.15, 0.2) is 0 Å².